The van der Waals surface area contributed by atoms with Gasteiger partial charge < -0.3 is 10.4 Å². The molecular formula is C5H11NO2. The van der Waals surface area contributed by atoms with Gasteiger partial charge in [-0.2, -0.15) is 0 Å². The Balaban J connectivity index is 0.000000640. The van der Waals surface area contributed by atoms with Gasteiger partial charge in [0.15, 0.2) is 0 Å². The van der Waals surface area contributed by atoms with Crippen LogP contribution in [-0.2, 0) is 4.79 Å². The molecule has 1 unspecified atom stereocenters. The summed E-state index contributed by atoms with van der Waals surface area (Å²) in [7, 11) is 0. The van der Waals surface area contributed by atoms with Crippen LogP contribution < -0.4 is 5.32 Å². The molecule has 0 aromatic heterocycles. The molecule has 1 fully saturated rings. The third kappa shape index (κ3) is 0.980. The van der Waals surface area contributed by atoms with Gasteiger partial charge in [-0.3, -0.25) is 4.79 Å². The largest absolute Gasteiger partial charge is 0.480 e. The average Bonchev–Trinajstić information content (AvgIpc) is 2.12. The predicted molar refractivity (Wildman–Crippen MR) is 30.8 cm³/mol. The van der Waals surface area contributed by atoms with E-state index in [0.717, 1.165) is 19.4 Å². The van der Waals surface area contributed by atoms with Crippen LogP contribution in [0.4, 0.5) is 0 Å². The second-order valence-electron chi connectivity index (χ2n) is 1.99. The Bertz CT molecular complexity index is 101. The first-order valence-electron chi connectivity index (χ1n) is 2.77. The molecule has 8 heavy (non-hydrogen) atoms. The summed E-state index contributed by atoms with van der Waals surface area (Å²) in [5.41, 5.74) is 0. The first kappa shape index (κ1) is 5.56. The number of hydrogen-bond acceptors (Lipinski definition) is 2. The minimum absolute atomic E-state index is 0. The van der Waals surface area contributed by atoms with Crippen molar-refractivity contribution >= 4 is 5.97 Å². The summed E-state index contributed by atoms with van der Waals surface area (Å²) in [6.45, 7) is 0.858. The van der Waals surface area contributed by atoms with E-state index in [1.165, 1.54) is 0 Å². The standard InChI is InChI=1S/C5H9NO2.H2/c7-5(8)4-2-1-3-6-4;/h4,6H,1-3H2,(H,7,8);1H. The lowest BCUT2D eigenvalue weighted by molar-refractivity contribution is -0.139. The summed E-state index contributed by atoms with van der Waals surface area (Å²) < 4.78 is 0. The fourth-order valence-corrected chi connectivity index (χ4v) is 0.895. The average molecular weight is 117 g/mol. The van der Waals surface area contributed by atoms with Gasteiger partial charge in [-0.25, -0.2) is 0 Å². The highest BCUT2D eigenvalue weighted by molar-refractivity contribution is 5.73. The lowest BCUT2D eigenvalue weighted by Gasteiger charge is -1.99. The second kappa shape index (κ2) is 2.13. The van der Waals surface area contributed by atoms with Crippen molar-refractivity contribution in [3.63, 3.8) is 0 Å². The zero-order chi connectivity index (χ0) is 5.98. The van der Waals surface area contributed by atoms with E-state index in [-0.39, 0.29) is 7.47 Å². The van der Waals surface area contributed by atoms with Crippen molar-refractivity contribution in [2.75, 3.05) is 6.54 Å². The molecule has 0 bridgehead atoms. The maximum Gasteiger partial charge on any atom is 0.320 e. The molecule has 0 aromatic carbocycles. The van der Waals surface area contributed by atoms with E-state index in [9.17, 15) is 4.79 Å². The van der Waals surface area contributed by atoms with Crippen LogP contribution in [-0.4, -0.2) is 23.7 Å². The molecule has 0 amide bonds. The lowest BCUT2D eigenvalue weighted by atomic mass is 10.2. The molecule has 1 aliphatic heterocycles. The van der Waals surface area contributed by atoms with E-state index < -0.39 is 5.97 Å². The van der Waals surface area contributed by atoms with Gasteiger partial charge in [0.2, 0.25) is 0 Å². The van der Waals surface area contributed by atoms with Crippen LogP contribution in [0.1, 0.15) is 14.3 Å². The van der Waals surface area contributed by atoms with Crippen LogP contribution in [0.2, 0.25) is 0 Å². The lowest BCUT2D eigenvalue weighted by Crippen LogP contribution is -2.29. The molecule has 1 atom stereocenters. The second-order valence-corrected chi connectivity index (χ2v) is 1.99. The van der Waals surface area contributed by atoms with E-state index in [1.807, 2.05) is 0 Å². The first-order valence-corrected chi connectivity index (χ1v) is 2.77. The maximum atomic E-state index is 10.1. The van der Waals surface area contributed by atoms with Crippen molar-refractivity contribution in [1.29, 1.82) is 0 Å². The van der Waals surface area contributed by atoms with Gasteiger partial charge in [0, 0.05) is 1.43 Å². The number of hydrogen-bond donors (Lipinski definition) is 2. The Morgan fingerprint density at radius 2 is 2.62 bits per heavy atom. The van der Waals surface area contributed by atoms with E-state index in [4.69, 9.17) is 5.11 Å². The number of carboxylic acids is 1. The van der Waals surface area contributed by atoms with Crippen molar-refractivity contribution in [2.24, 2.45) is 0 Å². The quantitative estimate of drug-likeness (QED) is 0.511. The molecule has 1 saturated heterocycles. The third-order valence-electron chi connectivity index (χ3n) is 1.36. The molecular weight excluding hydrogens is 106 g/mol. The summed E-state index contributed by atoms with van der Waals surface area (Å²) in [5, 5.41) is 11.2. The van der Waals surface area contributed by atoms with Gasteiger partial charge in [0.05, 0.1) is 0 Å². The van der Waals surface area contributed by atoms with Gasteiger partial charge in [0.25, 0.3) is 0 Å². The van der Waals surface area contributed by atoms with Gasteiger partial charge >= 0.3 is 5.97 Å². The molecule has 0 aromatic rings. The summed E-state index contributed by atoms with van der Waals surface area (Å²) in [6.07, 6.45) is 1.78. The van der Waals surface area contributed by atoms with Crippen molar-refractivity contribution < 1.29 is 11.3 Å². The fraction of sp³-hybridized carbons (Fsp3) is 0.800. The molecule has 0 aliphatic carbocycles. The number of carboxylic acid groups (broad SMARTS) is 1. The fourth-order valence-electron chi connectivity index (χ4n) is 0.895. The Morgan fingerprint density at radius 3 is 2.88 bits per heavy atom. The van der Waals surface area contributed by atoms with E-state index in [0.29, 0.717) is 0 Å². The van der Waals surface area contributed by atoms with Crippen LogP contribution in [0.5, 0.6) is 0 Å². The Labute approximate surface area is 49.2 Å². The SMILES string of the molecule is O=C(O)C1CCCN1.[HH]. The molecule has 3 nitrogen and oxygen atoms in total. The van der Waals surface area contributed by atoms with Crippen molar-refractivity contribution in [3.8, 4) is 0 Å². The number of aliphatic carboxylic acids is 1. The molecule has 1 heterocycles. The zero-order valence-electron chi connectivity index (χ0n) is 4.55. The molecule has 1 aliphatic rings. The van der Waals surface area contributed by atoms with E-state index in [2.05, 4.69) is 5.32 Å². The van der Waals surface area contributed by atoms with Crippen LogP contribution >= 0.6 is 0 Å². The van der Waals surface area contributed by atoms with Gasteiger partial charge in [-0.05, 0) is 19.4 Å². The highest BCUT2D eigenvalue weighted by Gasteiger charge is 2.20. The van der Waals surface area contributed by atoms with Gasteiger partial charge in [-0.15, -0.1) is 0 Å². The molecule has 0 saturated carbocycles. The highest BCUT2D eigenvalue weighted by Crippen LogP contribution is 2.03. The molecule has 0 spiro atoms. The molecule has 2 N–H and O–H groups in total. The molecule has 1 rings (SSSR count). The third-order valence-corrected chi connectivity index (χ3v) is 1.36. The summed E-state index contributed by atoms with van der Waals surface area (Å²) >= 11 is 0. The molecule has 0 radical (unpaired) electrons. The summed E-state index contributed by atoms with van der Waals surface area (Å²) in [4.78, 5) is 10.1. The monoisotopic (exact) mass is 117 g/mol. The smallest absolute Gasteiger partial charge is 0.320 e. The summed E-state index contributed by atoms with van der Waals surface area (Å²) in [6, 6.07) is -0.269. The Hall–Kier alpha value is -0.570. The Kier molecular flexibility index (Phi) is 1.48. The first-order chi connectivity index (χ1) is 3.80. The van der Waals surface area contributed by atoms with Crippen LogP contribution in [0, 0.1) is 0 Å². The van der Waals surface area contributed by atoms with Crippen molar-refractivity contribution in [3.05, 3.63) is 0 Å². The highest BCUT2D eigenvalue weighted by atomic mass is 16.4. The van der Waals surface area contributed by atoms with E-state index in [1.54, 1.807) is 0 Å². The minimum Gasteiger partial charge on any atom is -0.480 e. The van der Waals surface area contributed by atoms with Gasteiger partial charge in [0.1, 0.15) is 6.04 Å². The predicted octanol–water partition coefficient (Wildman–Crippen LogP) is 0.0690. The van der Waals surface area contributed by atoms with E-state index >= 15 is 0 Å². The number of nitrogens with one attached hydrogen (secondary N) is 1. The zero-order valence-corrected chi connectivity index (χ0v) is 4.55. The van der Waals surface area contributed by atoms with Crippen LogP contribution in [0.3, 0.4) is 0 Å². The molecule has 3 heteroatoms. The van der Waals surface area contributed by atoms with Crippen LogP contribution in [0.15, 0.2) is 0 Å². The van der Waals surface area contributed by atoms with Crippen molar-refractivity contribution in [1.82, 2.24) is 5.32 Å². The topological polar surface area (TPSA) is 49.3 Å². The maximum absolute atomic E-state index is 10.1. The van der Waals surface area contributed by atoms with Gasteiger partial charge in [-0.1, -0.05) is 0 Å². The Morgan fingerprint density at radius 1 is 1.88 bits per heavy atom. The van der Waals surface area contributed by atoms with Crippen molar-refractivity contribution in [2.45, 2.75) is 18.9 Å². The normalized spacial score (nSPS) is 28.2. The summed E-state index contributed by atoms with van der Waals surface area (Å²) in [5.74, 6) is -0.720. The molecule has 48 valence electrons. The minimum atomic E-state index is -0.720. The number of rotatable bonds is 1. The van der Waals surface area contributed by atoms with Crippen LogP contribution in [0.25, 0.3) is 0 Å². The number of carbonyl (C=O) groups is 1.